The Morgan fingerprint density at radius 2 is 2.12 bits per heavy atom. The molecular weight excluding hydrogens is 276 g/mol. The van der Waals surface area contributed by atoms with Crippen molar-refractivity contribution in [3.8, 4) is 0 Å². The molecule has 0 spiro atoms. The van der Waals surface area contributed by atoms with Gasteiger partial charge in [-0.3, -0.25) is 0 Å². The molecule has 0 aromatic heterocycles. The quantitative estimate of drug-likeness (QED) is 0.861. The highest BCUT2D eigenvalue weighted by Crippen LogP contribution is 2.34. The van der Waals surface area contributed by atoms with E-state index in [1.165, 1.54) is 15.7 Å². The fraction of sp³-hybridized carbons (Fsp3) is 0.571. The Morgan fingerprint density at radius 1 is 1.41 bits per heavy atom. The van der Waals surface area contributed by atoms with Crippen LogP contribution in [-0.2, 0) is 0 Å². The van der Waals surface area contributed by atoms with Crippen LogP contribution in [0.4, 0.5) is 5.69 Å². The largest absolute Gasteiger partial charge is 0.370 e. The molecule has 1 atom stereocenters. The minimum atomic E-state index is 0.183. The van der Waals surface area contributed by atoms with Crippen LogP contribution in [0.25, 0.3) is 0 Å². The second-order valence-corrected chi connectivity index (χ2v) is 6.61. The van der Waals surface area contributed by atoms with Gasteiger partial charge in [-0.25, -0.2) is 0 Å². The number of nitrogens with two attached hydrogens (primary N) is 1. The first-order chi connectivity index (χ1) is 7.90. The van der Waals surface area contributed by atoms with Crippen molar-refractivity contribution in [2.24, 2.45) is 11.1 Å². The van der Waals surface area contributed by atoms with Gasteiger partial charge in [-0.15, -0.1) is 0 Å². The first-order valence-electron chi connectivity index (χ1n) is 6.17. The van der Waals surface area contributed by atoms with Gasteiger partial charge in [0.2, 0.25) is 0 Å². The highest BCUT2D eigenvalue weighted by Gasteiger charge is 2.33. The van der Waals surface area contributed by atoms with Gasteiger partial charge < -0.3 is 10.6 Å². The molecule has 3 heteroatoms. The molecule has 1 saturated heterocycles. The van der Waals surface area contributed by atoms with Gasteiger partial charge in [0.05, 0.1) is 5.69 Å². The minimum absolute atomic E-state index is 0.183. The fourth-order valence-corrected chi connectivity index (χ4v) is 3.19. The number of piperidine rings is 1. The van der Waals surface area contributed by atoms with Crippen molar-refractivity contribution in [1.29, 1.82) is 0 Å². The van der Waals surface area contributed by atoms with Crippen LogP contribution >= 0.6 is 15.9 Å². The van der Waals surface area contributed by atoms with Crippen LogP contribution in [0.5, 0.6) is 0 Å². The fourth-order valence-electron chi connectivity index (χ4n) is 2.45. The average Bonchev–Trinajstić information content (AvgIpc) is 2.22. The van der Waals surface area contributed by atoms with E-state index in [2.05, 4.69) is 59.8 Å². The number of rotatable bonds is 1. The highest BCUT2D eigenvalue weighted by atomic mass is 79.9. The number of aryl methyl sites for hydroxylation is 1. The molecule has 1 aromatic rings. The average molecular weight is 297 g/mol. The van der Waals surface area contributed by atoms with E-state index in [0.29, 0.717) is 6.04 Å². The summed E-state index contributed by atoms with van der Waals surface area (Å²) in [5.41, 5.74) is 8.93. The Morgan fingerprint density at radius 3 is 2.71 bits per heavy atom. The van der Waals surface area contributed by atoms with E-state index in [1.54, 1.807) is 0 Å². The third-order valence-electron chi connectivity index (χ3n) is 3.76. The van der Waals surface area contributed by atoms with E-state index in [9.17, 15) is 0 Å². The SMILES string of the molecule is Cc1ccc(N2CCC(N)C(C)(C)C2)c(Br)c1. The minimum Gasteiger partial charge on any atom is -0.370 e. The van der Waals surface area contributed by atoms with Crippen molar-refractivity contribution in [3.05, 3.63) is 28.2 Å². The lowest BCUT2D eigenvalue weighted by Gasteiger charge is -2.44. The Kier molecular flexibility index (Phi) is 3.50. The molecular formula is C14H21BrN2. The van der Waals surface area contributed by atoms with Gasteiger partial charge in [-0.05, 0) is 52.4 Å². The van der Waals surface area contributed by atoms with Crippen molar-refractivity contribution in [1.82, 2.24) is 0 Å². The second-order valence-electron chi connectivity index (χ2n) is 5.76. The normalized spacial score (nSPS) is 23.8. The predicted molar refractivity (Wildman–Crippen MR) is 77.5 cm³/mol. The number of nitrogens with zero attached hydrogens (tertiary/aromatic N) is 1. The van der Waals surface area contributed by atoms with Gasteiger partial charge in [-0.2, -0.15) is 0 Å². The molecule has 2 nitrogen and oxygen atoms in total. The molecule has 1 aliphatic heterocycles. The van der Waals surface area contributed by atoms with Gasteiger partial charge in [0, 0.05) is 23.6 Å². The number of hydrogen-bond donors (Lipinski definition) is 1. The Bertz CT molecular complexity index is 415. The summed E-state index contributed by atoms with van der Waals surface area (Å²) in [7, 11) is 0. The summed E-state index contributed by atoms with van der Waals surface area (Å²) in [6.45, 7) is 8.70. The standard InChI is InChI=1S/C14H21BrN2/c1-10-4-5-12(11(15)8-10)17-7-6-13(16)14(2,3)9-17/h4-5,8,13H,6-7,9,16H2,1-3H3. The lowest BCUT2D eigenvalue weighted by molar-refractivity contribution is 0.245. The lowest BCUT2D eigenvalue weighted by Crippen LogP contribution is -2.52. The lowest BCUT2D eigenvalue weighted by atomic mass is 9.79. The van der Waals surface area contributed by atoms with Crippen LogP contribution in [0, 0.1) is 12.3 Å². The van der Waals surface area contributed by atoms with E-state index in [-0.39, 0.29) is 5.41 Å². The van der Waals surface area contributed by atoms with Crippen LogP contribution in [0.15, 0.2) is 22.7 Å². The van der Waals surface area contributed by atoms with Crippen LogP contribution in [0.1, 0.15) is 25.8 Å². The van der Waals surface area contributed by atoms with Crippen molar-refractivity contribution >= 4 is 21.6 Å². The number of halogens is 1. The molecule has 1 aromatic carbocycles. The zero-order valence-corrected chi connectivity index (χ0v) is 12.4. The van der Waals surface area contributed by atoms with Gasteiger partial charge in [0.15, 0.2) is 0 Å². The number of hydrogen-bond acceptors (Lipinski definition) is 2. The Hall–Kier alpha value is -0.540. The van der Waals surface area contributed by atoms with E-state index in [1.807, 2.05) is 0 Å². The molecule has 17 heavy (non-hydrogen) atoms. The van der Waals surface area contributed by atoms with Crippen LogP contribution in [0.3, 0.4) is 0 Å². The van der Waals surface area contributed by atoms with Gasteiger partial charge in [0.1, 0.15) is 0 Å². The molecule has 1 fully saturated rings. The van der Waals surface area contributed by atoms with Gasteiger partial charge in [-0.1, -0.05) is 19.9 Å². The first-order valence-corrected chi connectivity index (χ1v) is 6.96. The van der Waals surface area contributed by atoms with Crippen molar-refractivity contribution in [2.45, 2.75) is 33.2 Å². The molecule has 1 unspecified atom stereocenters. The van der Waals surface area contributed by atoms with Gasteiger partial charge in [0.25, 0.3) is 0 Å². The molecule has 94 valence electrons. The summed E-state index contributed by atoms with van der Waals surface area (Å²) in [6, 6.07) is 6.85. The maximum absolute atomic E-state index is 6.18. The number of benzene rings is 1. The molecule has 0 amide bonds. The van der Waals surface area contributed by atoms with E-state index < -0.39 is 0 Å². The molecule has 0 bridgehead atoms. The second kappa shape index (κ2) is 4.62. The summed E-state index contributed by atoms with van der Waals surface area (Å²) < 4.78 is 1.18. The van der Waals surface area contributed by atoms with E-state index in [0.717, 1.165) is 19.5 Å². The van der Waals surface area contributed by atoms with Crippen LogP contribution < -0.4 is 10.6 Å². The molecule has 0 saturated carbocycles. The maximum Gasteiger partial charge on any atom is 0.0511 e. The topological polar surface area (TPSA) is 29.3 Å². The molecule has 2 N–H and O–H groups in total. The molecule has 1 aliphatic rings. The summed E-state index contributed by atoms with van der Waals surface area (Å²) in [4.78, 5) is 2.44. The number of anilines is 1. The summed E-state index contributed by atoms with van der Waals surface area (Å²) in [5.74, 6) is 0. The summed E-state index contributed by atoms with van der Waals surface area (Å²) in [6.07, 6.45) is 1.06. The van der Waals surface area contributed by atoms with Crippen LogP contribution in [0.2, 0.25) is 0 Å². The van der Waals surface area contributed by atoms with E-state index >= 15 is 0 Å². The Balaban J connectivity index is 2.24. The molecule has 2 rings (SSSR count). The van der Waals surface area contributed by atoms with E-state index in [4.69, 9.17) is 5.73 Å². The van der Waals surface area contributed by atoms with Crippen LogP contribution in [-0.4, -0.2) is 19.1 Å². The van der Waals surface area contributed by atoms with Crippen molar-refractivity contribution in [3.63, 3.8) is 0 Å². The zero-order valence-electron chi connectivity index (χ0n) is 10.8. The molecule has 0 radical (unpaired) electrons. The monoisotopic (exact) mass is 296 g/mol. The van der Waals surface area contributed by atoms with Crippen molar-refractivity contribution < 1.29 is 0 Å². The summed E-state index contributed by atoms with van der Waals surface area (Å²) >= 11 is 3.66. The third-order valence-corrected chi connectivity index (χ3v) is 4.39. The smallest absolute Gasteiger partial charge is 0.0511 e. The molecule has 1 heterocycles. The van der Waals surface area contributed by atoms with Gasteiger partial charge >= 0.3 is 0 Å². The Labute approximate surface area is 112 Å². The molecule has 0 aliphatic carbocycles. The third kappa shape index (κ3) is 2.66. The van der Waals surface area contributed by atoms with Crippen molar-refractivity contribution in [2.75, 3.05) is 18.0 Å². The predicted octanol–water partition coefficient (Wildman–Crippen LogP) is 3.32. The first kappa shape index (κ1) is 12.9. The maximum atomic E-state index is 6.18. The highest BCUT2D eigenvalue weighted by molar-refractivity contribution is 9.10. The summed E-state index contributed by atoms with van der Waals surface area (Å²) in [5, 5.41) is 0. The zero-order chi connectivity index (χ0) is 12.6.